The van der Waals surface area contributed by atoms with Crippen LogP contribution < -0.4 is 0 Å². The van der Waals surface area contributed by atoms with Gasteiger partial charge in [-0.15, -0.1) is 0 Å². The molecule has 0 aliphatic heterocycles. The molecule has 0 saturated carbocycles. The highest BCUT2D eigenvalue weighted by molar-refractivity contribution is 6.06. The Kier molecular flexibility index (Phi) is 5.58. The second-order valence-electron chi connectivity index (χ2n) is 7.45. The number of aromatic nitrogens is 1. The molecule has 0 amide bonds. The van der Waals surface area contributed by atoms with Gasteiger partial charge in [0, 0.05) is 16.5 Å². The Morgan fingerprint density at radius 2 is 1.55 bits per heavy atom. The molecule has 0 saturated heterocycles. The second-order valence-corrected chi connectivity index (χ2v) is 7.45. The average Bonchev–Trinajstić information content (AvgIpc) is 2.77. The zero-order chi connectivity index (χ0) is 22.0. The van der Waals surface area contributed by atoms with Gasteiger partial charge in [-0.25, -0.2) is 14.2 Å². The van der Waals surface area contributed by atoms with Crippen molar-refractivity contribution in [1.82, 2.24) is 4.98 Å². The van der Waals surface area contributed by atoms with Crippen LogP contribution in [0.25, 0.3) is 22.2 Å². The molecular weight excluding hydrogens is 393 g/mol. The Morgan fingerprint density at radius 1 is 0.871 bits per heavy atom. The summed E-state index contributed by atoms with van der Waals surface area (Å²) in [7, 11) is 0. The molecule has 3 aromatic carbocycles. The van der Waals surface area contributed by atoms with Crippen LogP contribution in [-0.4, -0.2) is 23.3 Å². The standard InChI is InChI=1S/C26H20FNO3/c1-16-3-6-18(7-4-16)24-14-22(21-13-17(2)5-12-23(21)28-24)26(30)31-15-25(29)19-8-10-20(27)11-9-19/h3-14H,15H2,1-2H3. The Bertz CT molecular complexity index is 1280. The average molecular weight is 413 g/mol. The van der Waals surface area contributed by atoms with E-state index in [4.69, 9.17) is 9.72 Å². The molecule has 31 heavy (non-hydrogen) atoms. The predicted molar refractivity (Wildman–Crippen MR) is 118 cm³/mol. The Balaban J connectivity index is 1.66. The van der Waals surface area contributed by atoms with Crippen molar-refractivity contribution < 1.29 is 18.7 Å². The first-order valence-corrected chi connectivity index (χ1v) is 9.85. The highest BCUT2D eigenvalue weighted by Crippen LogP contribution is 2.26. The lowest BCUT2D eigenvalue weighted by Crippen LogP contribution is -2.15. The monoisotopic (exact) mass is 413 g/mol. The number of hydrogen-bond donors (Lipinski definition) is 0. The van der Waals surface area contributed by atoms with Crippen LogP contribution in [0.15, 0.2) is 72.8 Å². The summed E-state index contributed by atoms with van der Waals surface area (Å²) in [6, 6.07) is 20.4. The topological polar surface area (TPSA) is 56.3 Å². The first-order chi connectivity index (χ1) is 14.9. The number of hydrogen-bond acceptors (Lipinski definition) is 4. The molecule has 0 fully saturated rings. The van der Waals surface area contributed by atoms with E-state index < -0.39 is 24.2 Å². The minimum Gasteiger partial charge on any atom is -0.454 e. The number of fused-ring (bicyclic) bond motifs is 1. The van der Waals surface area contributed by atoms with Gasteiger partial charge in [-0.1, -0.05) is 41.5 Å². The molecule has 0 aliphatic rings. The van der Waals surface area contributed by atoms with E-state index in [0.717, 1.165) is 16.7 Å². The zero-order valence-electron chi connectivity index (χ0n) is 17.2. The molecule has 0 aliphatic carbocycles. The largest absolute Gasteiger partial charge is 0.454 e. The molecule has 1 aromatic heterocycles. The van der Waals surface area contributed by atoms with E-state index in [1.54, 1.807) is 6.07 Å². The maximum Gasteiger partial charge on any atom is 0.339 e. The summed E-state index contributed by atoms with van der Waals surface area (Å²) in [5, 5.41) is 0.662. The SMILES string of the molecule is Cc1ccc(-c2cc(C(=O)OCC(=O)c3ccc(F)cc3)c3cc(C)ccc3n2)cc1. The number of carbonyl (C=O) groups is 2. The molecule has 1 heterocycles. The van der Waals surface area contributed by atoms with Gasteiger partial charge < -0.3 is 4.74 Å². The van der Waals surface area contributed by atoms with E-state index in [0.29, 0.717) is 22.2 Å². The molecule has 0 atom stereocenters. The second kappa shape index (κ2) is 8.48. The fourth-order valence-corrected chi connectivity index (χ4v) is 3.31. The molecule has 4 aromatic rings. The van der Waals surface area contributed by atoms with Crippen molar-refractivity contribution in [2.75, 3.05) is 6.61 Å². The van der Waals surface area contributed by atoms with Gasteiger partial charge in [0.25, 0.3) is 0 Å². The number of ether oxygens (including phenoxy) is 1. The number of aryl methyl sites for hydroxylation is 2. The Labute approximate surface area is 179 Å². The van der Waals surface area contributed by atoms with Crippen LogP contribution >= 0.6 is 0 Å². The smallest absolute Gasteiger partial charge is 0.339 e. The van der Waals surface area contributed by atoms with Gasteiger partial charge in [-0.05, 0) is 56.3 Å². The first kappa shape index (κ1) is 20.4. The van der Waals surface area contributed by atoms with Crippen molar-refractivity contribution >= 4 is 22.7 Å². The molecule has 0 N–H and O–H groups in total. The van der Waals surface area contributed by atoms with E-state index in [1.165, 1.54) is 24.3 Å². The van der Waals surface area contributed by atoms with E-state index in [-0.39, 0.29) is 5.56 Å². The number of nitrogens with zero attached hydrogens (tertiary/aromatic N) is 1. The van der Waals surface area contributed by atoms with Gasteiger partial charge in [-0.2, -0.15) is 0 Å². The van der Waals surface area contributed by atoms with E-state index in [1.807, 2.05) is 56.3 Å². The molecule has 0 bridgehead atoms. The minimum absolute atomic E-state index is 0.282. The molecule has 0 unspecified atom stereocenters. The lowest BCUT2D eigenvalue weighted by atomic mass is 10.0. The summed E-state index contributed by atoms with van der Waals surface area (Å²) in [6.07, 6.45) is 0. The molecule has 4 rings (SSSR count). The number of carbonyl (C=O) groups excluding carboxylic acids is 2. The lowest BCUT2D eigenvalue weighted by Gasteiger charge is -2.11. The molecular formula is C26H20FNO3. The highest BCUT2D eigenvalue weighted by Gasteiger charge is 2.17. The van der Waals surface area contributed by atoms with Crippen LogP contribution in [0.4, 0.5) is 4.39 Å². The van der Waals surface area contributed by atoms with Gasteiger partial charge in [0.2, 0.25) is 0 Å². The number of rotatable bonds is 5. The summed E-state index contributed by atoms with van der Waals surface area (Å²) in [5.41, 5.74) is 4.92. The van der Waals surface area contributed by atoms with Crippen molar-refractivity contribution in [2.45, 2.75) is 13.8 Å². The third-order valence-corrected chi connectivity index (χ3v) is 5.03. The molecule has 0 radical (unpaired) electrons. The maximum atomic E-state index is 13.1. The van der Waals surface area contributed by atoms with E-state index in [9.17, 15) is 14.0 Å². The van der Waals surface area contributed by atoms with Crippen molar-refractivity contribution in [3.63, 3.8) is 0 Å². The normalized spacial score (nSPS) is 10.8. The van der Waals surface area contributed by atoms with Crippen LogP contribution in [0.5, 0.6) is 0 Å². The number of Topliss-reactive ketones (excluding diaryl/α,β-unsaturated/α-hetero) is 1. The number of benzene rings is 3. The lowest BCUT2D eigenvalue weighted by molar-refractivity contribution is 0.0476. The Morgan fingerprint density at radius 3 is 2.26 bits per heavy atom. The number of halogens is 1. The third kappa shape index (κ3) is 4.51. The quantitative estimate of drug-likeness (QED) is 0.311. The third-order valence-electron chi connectivity index (χ3n) is 5.03. The molecule has 0 spiro atoms. The van der Waals surface area contributed by atoms with E-state index >= 15 is 0 Å². The van der Waals surface area contributed by atoms with Gasteiger partial charge in [0.05, 0.1) is 16.8 Å². The van der Waals surface area contributed by atoms with E-state index in [2.05, 4.69) is 0 Å². The van der Waals surface area contributed by atoms with Crippen molar-refractivity contribution in [2.24, 2.45) is 0 Å². The van der Waals surface area contributed by atoms with Crippen LogP contribution in [0.1, 0.15) is 31.8 Å². The summed E-state index contributed by atoms with van der Waals surface area (Å²) in [5.74, 6) is -1.45. The summed E-state index contributed by atoms with van der Waals surface area (Å²) >= 11 is 0. The summed E-state index contributed by atoms with van der Waals surface area (Å²) in [4.78, 5) is 30.0. The number of esters is 1. The highest BCUT2D eigenvalue weighted by atomic mass is 19.1. The summed E-state index contributed by atoms with van der Waals surface area (Å²) < 4.78 is 18.4. The van der Waals surface area contributed by atoms with Gasteiger partial charge >= 0.3 is 5.97 Å². The zero-order valence-corrected chi connectivity index (χ0v) is 17.2. The predicted octanol–water partition coefficient (Wildman–Crippen LogP) is 5.70. The van der Waals surface area contributed by atoms with Crippen LogP contribution in [0.2, 0.25) is 0 Å². The number of ketones is 1. The minimum atomic E-state index is -0.609. The fourth-order valence-electron chi connectivity index (χ4n) is 3.31. The van der Waals surface area contributed by atoms with Gasteiger partial charge in [0.15, 0.2) is 12.4 Å². The van der Waals surface area contributed by atoms with Crippen molar-refractivity contribution in [3.8, 4) is 11.3 Å². The van der Waals surface area contributed by atoms with Crippen LogP contribution in [0.3, 0.4) is 0 Å². The maximum absolute atomic E-state index is 13.1. The van der Waals surface area contributed by atoms with Crippen molar-refractivity contribution in [1.29, 1.82) is 0 Å². The van der Waals surface area contributed by atoms with Gasteiger partial charge in [-0.3, -0.25) is 4.79 Å². The summed E-state index contributed by atoms with van der Waals surface area (Å²) in [6.45, 7) is 3.50. The molecule has 154 valence electrons. The molecule has 5 heteroatoms. The first-order valence-electron chi connectivity index (χ1n) is 9.85. The van der Waals surface area contributed by atoms with Crippen LogP contribution in [-0.2, 0) is 4.74 Å². The Hall–Kier alpha value is -3.86. The molecule has 4 nitrogen and oxygen atoms in total. The fraction of sp³-hybridized carbons (Fsp3) is 0.115. The van der Waals surface area contributed by atoms with Crippen LogP contribution in [0, 0.1) is 19.7 Å². The van der Waals surface area contributed by atoms with Crippen molar-refractivity contribution in [3.05, 3.63) is 101 Å². The number of pyridine rings is 1. The van der Waals surface area contributed by atoms with Gasteiger partial charge in [0.1, 0.15) is 5.82 Å².